The monoisotopic (exact) mass is 308 g/mol. The predicted molar refractivity (Wildman–Crippen MR) is 81.8 cm³/mol. The van der Waals surface area contributed by atoms with Crippen molar-refractivity contribution in [3.05, 3.63) is 65.5 Å². The summed E-state index contributed by atoms with van der Waals surface area (Å²) < 4.78 is 39.6. The summed E-state index contributed by atoms with van der Waals surface area (Å²) in [6.45, 7) is 0.259. The second-order valence-corrected chi connectivity index (χ2v) is 6.65. The van der Waals surface area contributed by atoms with Gasteiger partial charge in [-0.3, -0.25) is 4.31 Å². The number of nitrogens with two attached hydrogens (primary N) is 1. The maximum atomic E-state index is 13.7. The molecule has 4 nitrogen and oxygen atoms in total. The first kappa shape index (κ1) is 15.5. The summed E-state index contributed by atoms with van der Waals surface area (Å²) in [6.07, 6.45) is 0. The van der Waals surface area contributed by atoms with Crippen LogP contribution in [0.15, 0.2) is 48.5 Å². The molecule has 0 unspecified atom stereocenters. The van der Waals surface area contributed by atoms with Gasteiger partial charge in [-0.1, -0.05) is 36.4 Å². The predicted octanol–water partition coefficient (Wildman–Crippen LogP) is 2.25. The third-order valence-corrected chi connectivity index (χ3v) is 4.99. The van der Waals surface area contributed by atoms with Crippen LogP contribution in [0, 0.1) is 5.82 Å². The van der Waals surface area contributed by atoms with E-state index in [9.17, 15) is 12.8 Å². The first-order valence-electron chi connectivity index (χ1n) is 6.43. The highest BCUT2D eigenvalue weighted by Gasteiger charge is 2.22. The molecule has 2 aromatic carbocycles. The van der Waals surface area contributed by atoms with Crippen LogP contribution in [0.25, 0.3) is 0 Å². The number of anilines is 1. The van der Waals surface area contributed by atoms with Crippen LogP contribution >= 0.6 is 0 Å². The van der Waals surface area contributed by atoms with Gasteiger partial charge in [0.2, 0.25) is 10.0 Å². The summed E-state index contributed by atoms with van der Waals surface area (Å²) in [5, 5.41) is 0. The first-order valence-corrected chi connectivity index (χ1v) is 8.04. The fourth-order valence-electron chi connectivity index (χ4n) is 2.05. The number of hydrogen-bond donors (Lipinski definition) is 1. The van der Waals surface area contributed by atoms with Gasteiger partial charge in [-0.05, 0) is 23.3 Å². The Morgan fingerprint density at radius 1 is 1.05 bits per heavy atom. The lowest BCUT2D eigenvalue weighted by Gasteiger charge is -2.20. The van der Waals surface area contributed by atoms with Crippen molar-refractivity contribution in [1.82, 2.24) is 0 Å². The lowest BCUT2D eigenvalue weighted by Crippen LogP contribution is -2.29. The molecule has 0 aliphatic rings. The minimum atomic E-state index is -3.68. The van der Waals surface area contributed by atoms with Crippen LogP contribution in [0.1, 0.15) is 11.1 Å². The molecule has 0 fully saturated rings. The second-order valence-electron chi connectivity index (χ2n) is 4.65. The van der Waals surface area contributed by atoms with E-state index in [-0.39, 0.29) is 18.0 Å². The Morgan fingerprint density at radius 3 is 2.24 bits per heavy atom. The first-order chi connectivity index (χ1) is 9.95. The van der Waals surface area contributed by atoms with Gasteiger partial charge in [0, 0.05) is 13.6 Å². The summed E-state index contributed by atoms with van der Waals surface area (Å²) in [4.78, 5) is 0. The van der Waals surface area contributed by atoms with Crippen LogP contribution in [-0.2, 0) is 22.3 Å². The maximum absolute atomic E-state index is 13.7. The summed E-state index contributed by atoms with van der Waals surface area (Å²) in [5.74, 6) is -0.790. The molecule has 0 aliphatic heterocycles. The van der Waals surface area contributed by atoms with Crippen LogP contribution in [0.2, 0.25) is 0 Å². The molecule has 112 valence electrons. The van der Waals surface area contributed by atoms with E-state index in [4.69, 9.17) is 5.73 Å². The highest BCUT2D eigenvalue weighted by atomic mass is 32.2. The molecule has 0 aromatic heterocycles. The number of para-hydroxylation sites is 1. The van der Waals surface area contributed by atoms with E-state index in [0.29, 0.717) is 5.56 Å². The van der Waals surface area contributed by atoms with E-state index in [1.165, 1.54) is 25.2 Å². The number of rotatable bonds is 5. The Morgan fingerprint density at radius 2 is 1.62 bits per heavy atom. The van der Waals surface area contributed by atoms with Gasteiger partial charge in [0.25, 0.3) is 0 Å². The molecule has 2 aromatic rings. The number of sulfonamides is 1. The van der Waals surface area contributed by atoms with Gasteiger partial charge in [-0.25, -0.2) is 12.8 Å². The van der Waals surface area contributed by atoms with Gasteiger partial charge in [-0.15, -0.1) is 0 Å². The van der Waals surface area contributed by atoms with Crippen molar-refractivity contribution in [2.45, 2.75) is 12.3 Å². The lowest BCUT2D eigenvalue weighted by molar-refractivity contribution is 0.588. The average molecular weight is 308 g/mol. The quantitative estimate of drug-likeness (QED) is 0.921. The van der Waals surface area contributed by atoms with Crippen LogP contribution < -0.4 is 10.0 Å². The number of nitrogens with zero attached hydrogens (tertiary/aromatic N) is 1. The summed E-state index contributed by atoms with van der Waals surface area (Å²) in [5.41, 5.74) is 7.04. The normalized spacial score (nSPS) is 11.4. The maximum Gasteiger partial charge on any atom is 0.239 e. The van der Waals surface area contributed by atoms with Crippen LogP contribution in [0.3, 0.4) is 0 Å². The lowest BCUT2D eigenvalue weighted by atomic mass is 10.1. The SMILES string of the molecule is CN(c1ccccc1F)S(=O)(=O)Cc1ccccc1CN. The zero-order valence-corrected chi connectivity index (χ0v) is 12.5. The van der Waals surface area contributed by atoms with E-state index < -0.39 is 15.8 Å². The fraction of sp³-hybridized carbons (Fsp3) is 0.200. The molecular formula is C15H17FN2O2S. The van der Waals surface area contributed by atoms with Gasteiger partial charge >= 0.3 is 0 Å². The van der Waals surface area contributed by atoms with Crippen molar-refractivity contribution in [3.63, 3.8) is 0 Å². The molecule has 2 rings (SSSR count). The Hall–Kier alpha value is -1.92. The smallest absolute Gasteiger partial charge is 0.239 e. The van der Waals surface area contributed by atoms with E-state index in [1.807, 2.05) is 0 Å². The van der Waals surface area contributed by atoms with Crippen molar-refractivity contribution in [1.29, 1.82) is 0 Å². The molecule has 0 aliphatic carbocycles. The Kier molecular flexibility index (Phi) is 4.59. The number of benzene rings is 2. The molecule has 0 radical (unpaired) electrons. The van der Waals surface area contributed by atoms with Gasteiger partial charge < -0.3 is 5.73 Å². The fourth-order valence-corrected chi connectivity index (χ4v) is 3.36. The highest BCUT2D eigenvalue weighted by molar-refractivity contribution is 7.92. The topological polar surface area (TPSA) is 63.4 Å². The van der Waals surface area contributed by atoms with Crippen molar-refractivity contribution >= 4 is 15.7 Å². The standard InChI is InChI=1S/C15H17FN2O2S/c1-18(15-9-5-4-8-14(15)16)21(19,20)11-13-7-3-2-6-12(13)10-17/h2-9H,10-11,17H2,1H3. The summed E-state index contributed by atoms with van der Waals surface area (Å²) in [7, 11) is -2.34. The molecule has 0 saturated carbocycles. The molecule has 0 heterocycles. The number of halogens is 1. The van der Waals surface area contributed by atoms with Crippen LogP contribution in [0.4, 0.5) is 10.1 Å². The third kappa shape index (κ3) is 3.40. The van der Waals surface area contributed by atoms with Gasteiger partial charge in [0.05, 0.1) is 11.4 Å². The Bertz CT molecular complexity index is 732. The molecule has 0 amide bonds. The van der Waals surface area contributed by atoms with Gasteiger partial charge in [0.15, 0.2) is 0 Å². The van der Waals surface area contributed by atoms with E-state index in [2.05, 4.69) is 0 Å². The van der Waals surface area contributed by atoms with Crippen molar-refractivity contribution < 1.29 is 12.8 Å². The van der Waals surface area contributed by atoms with E-state index in [1.54, 1.807) is 30.3 Å². The molecular weight excluding hydrogens is 291 g/mol. The zero-order valence-electron chi connectivity index (χ0n) is 11.7. The third-order valence-electron chi connectivity index (χ3n) is 3.29. The molecule has 21 heavy (non-hydrogen) atoms. The van der Waals surface area contributed by atoms with Crippen molar-refractivity contribution in [2.75, 3.05) is 11.4 Å². The van der Waals surface area contributed by atoms with Crippen molar-refractivity contribution in [2.24, 2.45) is 5.73 Å². The Labute approximate surface area is 124 Å². The van der Waals surface area contributed by atoms with Gasteiger partial charge in [-0.2, -0.15) is 0 Å². The highest BCUT2D eigenvalue weighted by Crippen LogP contribution is 2.23. The molecule has 0 spiro atoms. The zero-order chi connectivity index (χ0) is 15.5. The van der Waals surface area contributed by atoms with Gasteiger partial charge in [0.1, 0.15) is 5.82 Å². The summed E-state index contributed by atoms with van der Waals surface area (Å²) >= 11 is 0. The molecule has 2 N–H and O–H groups in total. The Balaban J connectivity index is 2.32. The van der Waals surface area contributed by atoms with Crippen molar-refractivity contribution in [3.8, 4) is 0 Å². The average Bonchev–Trinajstić information content (AvgIpc) is 2.47. The molecule has 0 atom stereocenters. The van der Waals surface area contributed by atoms with Crippen LogP contribution in [0.5, 0.6) is 0 Å². The second kappa shape index (κ2) is 6.24. The largest absolute Gasteiger partial charge is 0.326 e. The number of hydrogen-bond acceptors (Lipinski definition) is 3. The van der Waals surface area contributed by atoms with E-state index >= 15 is 0 Å². The molecule has 0 saturated heterocycles. The summed E-state index contributed by atoms with van der Waals surface area (Å²) in [6, 6.07) is 12.8. The minimum Gasteiger partial charge on any atom is -0.326 e. The molecule has 0 bridgehead atoms. The van der Waals surface area contributed by atoms with E-state index in [0.717, 1.165) is 9.87 Å². The van der Waals surface area contributed by atoms with Crippen LogP contribution in [-0.4, -0.2) is 15.5 Å². The minimum absolute atomic E-state index is 0.0303. The molecule has 6 heteroatoms.